The maximum Gasteiger partial charge on any atom is 0.237 e. The number of aromatic amines is 2. The average Bonchev–Trinajstić information content (AvgIpc) is 3.62. The number of fused-ring (bicyclic) bond motifs is 2. The van der Waals surface area contributed by atoms with Crippen LogP contribution in [0.4, 0.5) is 0 Å². The number of nitrogens with one attached hydrogen (secondary N) is 2. The SMILES string of the molecule is COc1ccc2[nH]cc(C3CCN(CCCCN4C(=O)CC(c5c[nH]c6ccccc56)C4=O)CC3)c2c1. The van der Waals surface area contributed by atoms with Crippen LogP contribution in [0.3, 0.4) is 0 Å². The van der Waals surface area contributed by atoms with E-state index >= 15 is 0 Å². The van der Waals surface area contributed by atoms with Gasteiger partial charge in [-0.05, 0) is 86.6 Å². The minimum Gasteiger partial charge on any atom is -0.497 e. The van der Waals surface area contributed by atoms with Crippen molar-refractivity contribution < 1.29 is 14.3 Å². The molecule has 0 radical (unpaired) electrons. The maximum atomic E-state index is 13.1. The largest absolute Gasteiger partial charge is 0.497 e. The number of ether oxygens (including phenoxy) is 1. The summed E-state index contributed by atoms with van der Waals surface area (Å²) in [7, 11) is 1.71. The van der Waals surface area contributed by atoms with Gasteiger partial charge in [-0.3, -0.25) is 14.5 Å². The molecule has 1 unspecified atom stereocenters. The summed E-state index contributed by atoms with van der Waals surface area (Å²) in [4.78, 5) is 36.4. The van der Waals surface area contributed by atoms with Gasteiger partial charge < -0.3 is 19.6 Å². The molecule has 37 heavy (non-hydrogen) atoms. The number of piperidine rings is 1. The molecule has 2 aromatic carbocycles. The number of hydrogen-bond acceptors (Lipinski definition) is 4. The molecule has 1 atom stereocenters. The third kappa shape index (κ3) is 4.53. The summed E-state index contributed by atoms with van der Waals surface area (Å²) in [5, 5.41) is 2.30. The molecule has 0 saturated carbocycles. The molecule has 4 aromatic rings. The molecular formula is C30H34N4O3. The van der Waals surface area contributed by atoms with Gasteiger partial charge in [-0.2, -0.15) is 0 Å². The second-order valence-corrected chi connectivity index (χ2v) is 10.4. The van der Waals surface area contributed by atoms with Crippen molar-refractivity contribution in [1.29, 1.82) is 0 Å². The van der Waals surface area contributed by atoms with Gasteiger partial charge in [0.15, 0.2) is 0 Å². The van der Waals surface area contributed by atoms with Crippen LogP contribution < -0.4 is 4.74 Å². The maximum absolute atomic E-state index is 13.1. The summed E-state index contributed by atoms with van der Waals surface area (Å²) in [5.74, 6) is 0.987. The molecule has 2 aliphatic rings. The Bertz CT molecular complexity index is 1430. The van der Waals surface area contributed by atoms with E-state index in [1.54, 1.807) is 7.11 Å². The van der Waals surface area contributed by atoms with Gasteiger partial charge in [0.25, 0.3) is 0 Å². The number of hydrogen-bond donors (Lipinski definition) is 2. The zero-order valence-corrected chi connectivity index (χ0v) is 21.3. The van der Waals surface area contributed by atoms with Crippen molar-refractivity contribution in [2.45, 2.75) is 43.9 Å². The molecule has 7 heteroatoms. The number of unbranched alkanes of at least 4 members (excludes halogenated alkanes) is 1. The van der Waals surface area contributed by atoms with Crippen LogP contribution in [0.25, 0.3) is 21.8 Å². The molecular weight excluding hydrogens is 464 g/mol. The molecule has 0 spiro atoms. The number of amides is 2. The van der Waals surface area contributed by atoms with E-state index in [9.17, 15) is 9.59 Å². The Kier molecular flexibility index (Phi) is 6.47. The highest BCUT2D eigenvalue weighted by Gasteiger charge is 2.40. The summed E-state index contributed by atoms with van der Waals surface area (Å²) in [6.45, 7) is 3.68. The molecule has 2 amide bonds. The second kappa shape index (κ2) is 10.1. The van der Waals surface area contributed by atoms with Gasteiger partial charge in [-0.25, -0.2) is 0 Å². The molecule has 2 fully saturated rings. The Morgan fingerprint density at radius 2 is 1.62 bits per heavy atom. The molecule has 192 valence electrons. The van der Waals surface area contributed by atoms with Crippen LogP contribution in [0.15, 0.2) is 54.9 Å². The van der Waals surface area contributed by atoms with Gasteiger partial charge in [0.1, 0.15) is 5.75 Å². The number of benzene rings is 2. The van der Waals surface area contributed by atoms with Crippen molar-refractivity contribution in [2.24, 2.45) is 0 Å². The number of likely N-dealkylation sites (tertiary alicyclic amines) is 2. The highest BCUT2D eigenvalue weighted by atomic mass is 16.5. The Labute approximate surface area is 216 Å². The van der Waals surface area contributed by atoms with Crippen LogP contribution >= 0.6 is 0 Å². The van der Waals surface area contributed by atoms with E-state index in [-0.39, 0.29) is 24.2 Å². The Balaban J connectivity index is 0.985. The van der Waals surface area contributed by atoms with Gasteiger partial charge in [-0.1, -0.05) is 18.2 Å². The second-order valence-electron chi connectivity index (χ2n) is 10.4. The molecule has 2 N–H and O–H groups in total. The van der Waals surface area contributed by atoms with Crippen LogP contribution in [-0.2, 0) is 9.59 Å². The molecule has 2 aliphatic heterocycles. The highest BCUT2D eigenvalue weighted by molar-refractivity contribution is 6.07. The van der Waals surface area contributed by atoms with Gasteiger partial charge in [0, 0.05) is 47.2 Å². The van der Waals surface area contributed by atoms with Crippen molar-refractivity contribution in [1.82, 2.24) is 19.8 Å². The fraction of sp³-hybridized carbons (Fsp3) is 0.400. The van der Waals surface area contributed by atoms with E-state index < -0.39 is 0 Å². The third-order valence-corrected chi connectivity index (χ3v) is 8.29. The number of carbonyl (C=O) groups is 2. The summed E-state index contributed by atoms with van der Waals surface area (Å²) in [6, 6.07) is 14.2. The Morgan fingerprint density at radius 3 is 2.43 bits per heavy atom. The average molecular weight is 499 g/mol. The van der Waals surface area contributed by atoms with Gasteiger partial charge in [-0.15, -0.1) is 0 Å². The fourth-order valence-electron chi connectivity index (χ4n) is 6.20. The predicted molar refractivity (Wildman–Crippen MR) is 145 cm³/mol. The van der Waals surface area contributed by atoms with Crippen LogP contribution in [-0.4, -0.2) is 64.9 Å². The lowest BCUT2D eigenvalue weighted by Crippen LogP contribution is -2.35. The van der Waals surface area contributed by atoms with E-state index in [1.165, 1.54) is 15.8 Å². The first kappa shape index (κ1) is 23.8. The summed E-state index contributed by atoms with van der Waals surface area (Å²) in [5.41, 5.74) is 4.50. The van der Waals surface area contributed by atoms with Crippen molar-refractivity contribution in [3.63, 3.8) is 0 Å². The zero-order valence-electron chi connectivity index (χ0n) is 21.3. The number of imide groups is 1. The first-order valence-electron chi connectivity index (χ1n) is 13.4. The summed E-state index contributed by atoms with van der Waals surface area (Å²) in [6.07, 6.45) is 8.44. The zero-order chi connectivity index (χ0) is 25.4. The van der Waals surface area contributed by atoms with Crippen LogP contribution in [0.2, 0.25) is 0 Å². The third-order valence-electron chi connectivity index (χ3n) is 8.29. The van der Waals surface area contributed by atoms with E-state index in [0.717, 1.165) is 73.1 Å². The number of rotatable bonds is 8. The topological polar surface area (TPSA) is 81.4 Å². The Morgan fingerprint density at radius 1 is 0.892 bits per heavy atom. The number of para-hydroxylation sites is 1. The normalized spacial score (nSPS) is 19.5. The molecule has 2 aromatic heterocycles. The number of methoxy groups -OCH3 is 1. The van der Waals surface area contributed by atoms with Crippen LogP contribution in [0.5, 0.6) is 5.75 Å². The van der Waals surface area contributed by atoms with Crippen LogP contribution in [0, 0.1) is 0 Å². The number of carbonyl (C=O) groups excluding carboxylic acids is 2. The van der Waals surface area contributed by atoms with Crippen molar-refractivity contribution in [3.8, 4) is 5.75 Å². The van der Waals surface area contributed by atoms with Gasteiger partial charge >= 0.3 is 0 Å². The predicted octanol–water partition coefficient (Wildman–Crippen LogP) is 5.16. The highest BCUT2D eigenvalue weighted by Crippen LogP contribution is 2.36. The minimum atomic E-state index is -0.368. The van der Waals surface area contributed by atoms with Gasteiger partial charge in [0.05, 0.1) is 13.0 Å². The van der Waals surface area contributed by atoms with Crippen molar-refractivity contribution in [2.75, 3.05) is 33.3 Å². The quantitative estimate of drug-likeness (QED) is 0.260. The van der Waals surface area contributed by atoms with Crippen LogP contribution in [0.1, 0.15) is 55.1 Å². The number of nitrogens with zero attached hydrogens (tertiary/aromatic N) is 2. The number of aromatic nitrogens is 2. The van der Waals surface area contributed by atoms with Crippen molar-refractivity contribution >= 4 is 33.6 Å². The number of H-pyrrole nitrogens is 2. The van der Waals surface area contributed by atoms with Gasteiger partial charge in [0.2, 0.25) is 11.8 Å². The lowest BCUT2D eigenvalue weighted by Gasteiger charge is -2.32. The molecule has 4 heterocycles. The van der Waals surface area contributed by atoms with E-state index in [0.29, 0.717) is 12.5 Å². The molecule has 0 bridgehead atoms. The molecule has 0 aliphatic carbocycles. The first-order chi connectivity index (χ1) is 18.1. The summed E-state index contributed by atoms with van der Waals surface area (Å²) >= 11 is 0. The lowest BCUT2D eigenvalue weighted by atomic mass is 9.89. The van der Waals surface area contributed by atoms with E-state index in [2.05, 4.69) is 33.2 Å². The standard InChI is InChI=1S/C30H34N4O3/c1-37-21-8-9-28-23(16-21)25(18-31-28)20-10-14-33(15-11-20)12-4-5-13-34-29(35)17-24(30(34)36)26-19-32-27-7-3-2-6-22(26)27/h2-3,6-9,16,18-20,24,31-32H,4-5,10-15,17H2,1H3. The molecule has 6 rings (SSSR count). The summed E-state index contributed by atoms with van der Waals surface area (Å²) < 4.78 is 5.43. The smallest absolute Gasteiger partial charge is 0.237 e. The van der Waals surface area contributed by atoms with E-state index in [4.69, 9.17) is 4.74 Å². The van der Waals surface area contributed by atoms with E-state index in [1.807, 2.05) is 36.5 Å². The van der Waals surface area contributed by atoms with Crippen molar-refractivity contribution in [3.05, 3.63) is 66.0 Å². The monoisotopic (exact) mass is 498 g/mol. The first-order valence-corrected chi connectivity index (χ1v) is 13.4. The lowest BCUT2D eigenvalue weighted by molar-refractivity contribution is -0.138. The molecule has 2 saturated heterocycles. The molecule has 7 nitrogen and oxygen atoms in total. The fourth-order valence-corrected chi connectivity index (χ4v) is 6.20. The minimum absolute atomic E-state index is 0.0449. The Hall–Kier alpha value is -3.58.